The number of hydrogen-bond acceptors (Lipinski definition) is 1. The Labute approximate surface area is 98.3 Å². The van der Waals surface area contributed by atoms with Gasteiger partial charge in [0.1, 0.15) is 0 Å². The minimum Gasteiger partial charge on any atom is -0.348 e. The van der Waals surface area contributed by atoms with E-state index in [-0.39, 0.29) is 11.8 Å². The molecule has 2 nitrogen and oxygen atoms in total. The summed E-state index contributed by atoms with van der Waals surface area (Å²) >= 11 is 0. The molecule has 0 saturated carbocycles. The van der Waals surface area contributed by atoms with Crippen molar-refractivity contribution in [2.45, 2.75) is 26.2 Å². The molecule has 2 atom stereocenters. The lowest BCUT2D eigenvalue weighted by Crippen LogP contribution is -2.31. The van der Waals surface area contributed by atoms with Gasteiger partial charge in [-0.3, -0.25) is 4.79 Å². The van der Waals surface area contributed by atoms with Crippen molar-refractivity contribution in [2.24, 2.45) is 5.92 Å². The van der Waals surface area contributed by atoms with Gasteiger partial charge in [-0.1, -0.05) is 50.6 Å². The van der Waals surface area contributed by atoms with Crippen LogP contribution in [-0.2, 0) is 4.79 Å². The normalized spacial score (nSPS) is 14.2. The summed E-state index contributed by atoms with van der Waals surface area (Å²) in [5.74, 6) is 0.555. The van der Waals surface area contributed by atoms with E-state index >= 15 is 0 Å². The summed E-state index contributed by atoms with van der Waals surface area (Å²) in [6.07, 6.45) is 1.01. The molecule has 0 aliphatic heterocycles. The molecule has 0 bridgehead atoms. The molecule has 16 heavy (non-hydrogen) atoms. The second-order valence-electron chi connectivity index (χ2n) is 4.51. The molecular formula is C14H21NO. The van der Waals surface area contributed by atoms with Gasteiger partial charge in [-0.25, -0.2) is 0 Å². The lowest BCUT2D eigenvalue weighted by atomic mass is 9.84. The minimum absolute atomic E-state index is 0.0128. The molecule has 2 unspecified atom stereocenters. The Morgan fingerprint density at radius 3 is 2.25 bits per heavy atom. The van der Waals surface area contributed by atoms with E-state index in [0.717, 1.165) is 12.0 Å². The predicted molar refractivity (Wildman–Crippen MR) is 67.3 cm³/mol. The van der Waals surface area contributed by atoms with Gasteiger partial charge in [-0.2, -0.15) is 0 Å². The smallest absolute Gasteiger partial charge is 0.229 e. The molecule has 88 valence electrons. The van der Waals surface area contributed by atoms with Crippen LogP contribution in [0.3, 0.4) is 0 Å². The van der Waals surface area contributed by atoms with Gasteiger partial charge in [-0.15, -0.1) is 0 Å². The van der Waals surface area contributed by atoms with Crippen molar-refractivity contribution in [3.05, 3.63) is 35.9 Å². The topological polar surface area (TPSA) is 20.3 Å². The monoisotopic (exact) mass is 219 g/mol. The second kappa shape index (κ2) is 5.69. The zero-order chi connectivity index (χ0) is 12.1. The first-order chi connectivity index (χ1) is 7.57. The van der Waals surface area contributed by atoms with Crippen LogP contribution in [0.1, 0.15) is 31.7 Å². The van der Waals surface area contributed by atoms with Gasteiger partial charge < -0.3 is 4.90 Å². The summed E-state index contributed by atoms with van der Waals surface area (Å²) in [5, 5.41) is 0. The number of carbonyl (C=O) groups is 1. The van der Waals surface area contributed by atoms with E-state index in [4.69, 9.17) is 0 Å². The van der Waals surface area contributed by atoms with Gasteiger partial charge in [0.05, 0.1) is 5.92 Å². The standard InChI is InChI=1S/C14H21NO/c1-5-11(2)13(14(16)15(3)4)12-9-7-6-8-10-12/h6-11,13H,5H2,1-4H3. The Kier molecular flexibility index (Phi) is 4.53. The molecule has 0 N–H and O–H groups in total. The van der Waals surface area contributed by atoms with Crippen molar-refractivity contribution in [2.75, 3.05) is 14.1 Å². The van der Waals surface area contributed by atoms with E-state index in [2.05, 4.69) is 13.8 Å². The lowest BCUT2D eigenvalue weighted by Gasteiger charge is -2.25. The van der Waals surface area contributed by atoms with Crippen LogP contribution in [0.15, 0.2) is 30.3 Å². The first kappa shape index (κ1) is 12.8. The van der Waals surface area contributed by atoms with E-state index in [1.807, 2.05) is 44.4 Å². The summed E-state index contributed by atoms with van der Waals surface area (Å²) in [4.78, 5) is 13.9. The SMILES string of the molecule is CCC(C)C(C(=O)N(C)C)c1ccccc1. The maximum absolute atomic E-state index is 12.2. The maximum atomic E-state index is 12.2. The molecule has 0 heterocycles. The Bertz CT molecular complexity index is 332. The maximum Gasteiger partial charge on any atom is 0.229 e. The second-order valence-corrected chi connectivity index (χ2v) is 4.51. The fraction of sp³-hybridized carbons (Fsp3) is 0.500. The molecule has 1 aromatic carbocycles. The highest BCUT2D eigenvalue weighted by atomic mass is 16.2. The van der Waals surface area contributed by atoms with Gasteiger partial charge in [0.2, 0.25) is 5.91 Å². The largest absolute Gasteiger partial charge is 0.348 e. The van der Waals surface area contributed by atoms with Crippen LogP contribution >= 0.6 is 0 Å². The summed E-state index contributed by atoms with van der Waals surface area (Å²) < 4.78 is 0. The molecule has 0 aromatic heterocycles. The van der Waals surface area contributed by atoms with Crippen LogP contribution < -0.4 is 0 Å². The van der Waals surface area contributed by atoms with Crippen LogP contribution in [0.5, 0.6) is 0 Å². The minimum atomic E-state index is -0.0128. The number of likely N-dealkylation sites (N-methyl/N-ethyl adjacent to an activating group) is 1. The molecule has 1 amide bonds. The zero-order valence-corrected chi connectivity index (χ0v) is 10.6. The quantitative estimate of drug-likeness (QED) is 0.762. The van der Waals surface area contributed by atoms with Crippen molar-refractivity contribution < 1.29 is 4.79 Å². The third-order valence-electron chi connectivity index (χ3n) is 3.08. The van der Waals surface area contributed by atoms with E-state index in [1.54, 1.807) is 4.90 Å². The van der Waals surface area contributed by atoms with Crippen molar-refractivity contribution >= 4 is 5.91 Å². The Hall–Kier alpha value is -1.31. The molecular weight excluding hydrogens is 198 g/mol. The highest BCUT2D eigenvalue weighted by molar-refractivity contribution is 5.83. The molecule has 0 fully saturated rings. The first-order valence-electron chi connectivity index (χ1n) is 5.84. The van der Waals surface area contributed by atoms with Crippen molar-refractivity contribution in [3.8, 4) is 0 Å². The van der Waals surface area contributed by atoms with E-state index < -0.39 is 0 Å². The van der Waals surface area contributed by atoms with Crippen molar-refractivity contribution in [1.82, 2.24) is 4.90 Å². The molecule has 2 heteroatoms. The lowest BCUT2D eigenvalue weighted by molar-refractivity contribution is -0.131. The number of hydrogen-bond donors (Lipinski definition) is 0. The number of carbonyl (C=O) groups excluding carboxylic acids is 1. The van der Waals surface area contributed by atoms with Crippen molar-refractivity contribution in [3.63, 3.8) is 0 Å². The summed E-state index contributed by atoms with van der Waals surface area (Å²) in [6.45, 7) is 4.27. The van der Waals surface area contributed by atoms with Gasteiger partial charge in [0.15, 0.2) is 0 Å². The fourth-order valence-corrected chi connectivity index (χ4v) is 1.89. The third-order valence-corrected chi connectivity index (χ3v) is 3.08. The first-order valence-corrected chi connectivity index (χ1v) is 5.84. The molecule has 1 aromatic rings. The Balaban J connectivity index is 3.01. The number of nitrogens with zero attached hydrogens (tertiary/aromatic N) is 1. The molecule has 0 aliphatic rings. The van der Waals surface area contributed by atoms with Crippen LogP contribution in [0.2, 0.25) is 0 Å². The van der Waals surface area contributed by atoms with Crippen LogP contribution in [-0.4, -0.2) is 24.9 Å². The van der Waals surface area contributed by atoms with Crippen molar-refractivity contribution in [1.29, 1.82) is 0 Å². The highest BCUT2D eigenvalue weighted by Gasteiger charge is 2.26. The van der Waals surface area contributed by atoms with Gasteiger partial charge in [0.25, 0.3) is 0 Å². The molecule has 0 spiro atoms. The summed E-state index contributed by atoms with van der Waals surface area (Å²) in [6, 6.07) is 10.1. The predicted octanol–water partition coefficient (Wildman–Crippen LogP) is 2.90. The van der Waals surface area contributed by atoms with Crippen LogP contribution in [0, 0.1) is 5.92 Å². The van der Waals surface area contributed by atoms with E-state index in [1.165, 1.54) is 0 Å². The zero-order valence-electron chi connectivity index (χ0n) is 10.6. The summed E-state index contributed by atoms with van der Waals surface area (Å²) in [7, 11) is 3.64. The van der Waals surface area contributed by atoms with Gasteiger partial charge in [-0.05, 0) is 11.5 Å². The number of amides is 1. The van der Waals surface area contributed by atoms with E-state index in [9.17, 15) is 4.79 Å². The molecule has 0 radical (unpaired) electrons. The molecule has 0 aliphatic carbocycles. The number of benzene rings is 1. The van der Waals surface area contributed by atoms with Gasteiger partial charge >= 0.3 is 0 Å². The Morgan fingerprint density at radius 2 is 1.81 bits per heavy atom. The Morgan fingerprint density at radius 1 is 1.25 bits per heavy atom. The number of rotatable bonds is 4. The average Bonchev–Trinajstić information content (AvgIpc) is 2.30. The van der Waals surface area contributed by atoms with Crippen LogP contribution in [0.4, 0.5) is 0 Å². The average molecular weight is 219 g/mol. The fourth-order valence-electron chi connectivity index (χ4n) is 1.89. The third kappa shape index (κ3) is 2.84. The van der Waals surface area contributed by atoms with E-state index in [0.29, 0.717) is 5.92 Å². The highest BCUT2D eigenvalue weighted by Crippen LogP contribution is 2.28. The van der Waals surface area contributed by atoms with Crippen LogP contribution in [0.25, 0.3) is 0 Å². The van der Waals surface area contributed by atoms with Gasteiger partial charge in [0, 0.05) is 14.1 Å². The summed E-state index contributed by atoms with van der Waals surface area (Å²) in [5.41, 5.74) is 1.12. The molecule has 1 rings (SSSR count). The molecule has 0 saturated heterocycles.